The molecule has 9 heteroatoms. The van der Waals surface area contributed by atoms with Gasteiger partial charge in [0.1, 0.15) is 5.75 Å². The highest BCUT2D eigenvalue weighted by Gasteiger charge is 2.14. The van der Waals surface area contributed by atoms with Gasteiger partial charge in [-0.05, 0) is 78.4 Å². The normalized spacial score (nSPS) is 11.3. The van der Waals surface area contributed by atoms with Crippen molar-refractivity contribution >= 4 is 39.4 Å². The highest BCUT2D eigenvalue weighted by atomic mass is 35.5. The van der Waals surface area contributed by atoms with Crippen molar-refractivity contribution in [3.05, 3.63) is 88.9 Å². The van der Waals surface area contributed by atoms with Crippen LogP contribution in [0.1, 0.15) is 15.9 Å². The van der Waals surface area contributed by atoms with Gasteiger partial charge in [-0.15, -0.1) is 0 Å². The number of carbonyl (C=O) groups is 1. The van der Waals surface area contributed by atoms with Gasteiger partial charge in [0.25, 0.3) is 15.9 Å². The molecule has 3 N–H and O–H groups in total. The van der Waals surface area contributed by atoms with E-state index in [2.05, 4.69) is 15.2 Å². The fourth-order valence-electron chi connectivity index (χ4n) is 2.31. The number of carbonyl (C=O) groups excluding carboxylic acids is 1. The summed E-state index contributed by atoms with van der Waals surface area (Å²) in [5, 5.41) is 13.5. The summed E-state index contributed by atoms with van der Waals surface area (Å²) in [6.07, 6.45) is 1.44. The van der Waals surface area contributed by atoms with Crippen LogP contribution in [0.3, 0.4) is 0 Å². The van der Waals surface area contributed by atoms with Gasteiger partial charge in [0, 0.05) is 16.3 Å². The van der Waals surface area contributed by atoms with E-state index >= 15 is 0 Å². The highest BCUT2D eigenvalue weighted by molar-refractivity contribution is 7.92. The Morgan fingerprint density at radius 2 is 1.55 bits per heavy atom. The number of hydrogen-bond acceptors (Lipinski definition) is 5. The third-order valence-electron chi connectivity index (χ3n) is 3.80. The molecule has 3 aromatic carbocycles. The molecule has 0 aliphatic carbocycles. The Kier molecular flexibility index (Phi) is 6.16. The number of hydrazone groups is 1. The van der Waals surface area contributed by atoms with Gasteiger partial charge in [0.05, 0.1) is 11.1 Å². The van der Waals surface area contributed by atoms with Crippen molar-refractivity contribution in [2.75, 3.05) is 4.72 Å². The molecule has 29 heavy (non-hydrogen) atoms. The molecule has 0 heterocycles. The summed E-state index contributed by atoms with van der Waals surface area (Å²) < 4.78 is 27.2. The minimum Gasteiger partial charge on any atom is -0.508 e. The first kappa shape index (κ1) is 20.4. The lowest BCUT2D eigenvalue weighted by Crippen LogP contribution is -2.18. The number of phenolic OH excluding ortho intramolecular Hbond substituents is 1. The van der Waals surface area contributed by atoms with E-state index in [4.69, 9.17) is 11.6 Å². The van der Waals surface area contributed by atoms with Crippen molar-refractivity contribution in [2.24, 2.45) is 5.10 Å². The molecule has 148 valence electrons. The van der Waals surface area contributed by atoms with Crippen molar-refractivity contribution in [3.63, 3.8) is 0 Å². The van der Waals surface area contributed by atoms with Crippen molar-refractivity contribution in [1.29, 1.82) is 0 Å². The number of phenols is 1. The standard InChI is InChI=1S/C20H16ClN3O4S/c21-16-5-11-19(12-6-16)29(27,28)24-17-7-3-15(4-8-17)20(26)23-22-13-14-1-9-18(25)10-2-14/h1-13,24-25H,(H,23,26). The van der Waals surface area contributed by atoms with Crippen LogP contribution in [0, 0.1) is 0 Å². The monoisotopic (exact) mass is 429 g/mol. The molecule has 3 aromatic rings. The van der Waals surface area contributed by atoms with Gasteiger partial charge >= 0.3 is 0 Å². The number of anilines is 1. The zero-order valence-electron chi connectivity index (χ0n) is 14.9. The van der Waals surface area contributed by atoms with Crippen molar-refractivity contribution in [3.8, 4) is 5.75 Å². The van der Waals surface area contributed by atoms with E-state index in [1.54, 1.807) is 12.1 Å². The predicted molar refractivity (Wildman–Crippen MR) is 112 cm³/mol. The average Bonchev–Trinajstić information content (AvgIpc) is 2.70. The summed E-state index contributed by atoms with van der Waals surface area (Å²) >= 11 is 5.77. The van der Waals surface area contributed by atoms with Crippen molar-refractivity contribution in [2.45, 2.75) is 4.90 Å². The molecule has 0 aliphatic rings. The second-order valence-electron chi connectivity index (χ2n) is 5.93. The molecular weight excluding hydrogens is 414 g/mol. The first-order chi connectivity index (χ1) is 13.8. The summed E-state index contributed by atoms with van der Waals surface area (Å²) in [5.41, 5.74) is 3.70. The lowest BCUT2D eigenvalue weighted by atomic mass is 10.2. The fraction of sp³-hybridized carbons (Fsp3) is 0. The molecule has 0 unspecified atom stereocenters. The first-order valence-electron chi connectivity index (χ1n) is 8.34. The van der Waals surface area contributed by atoms with E-state index in [0.29, 0.717) is 21.8 Å². The molecule has 0 aromatic heterocycles. The van der Waals surface area contributed by atoms with E-state index in [-0.39, 0.29) is 10.6 Å². The number of hydrogen-bond donors (Lipinski definition) is 3. The second kappa shape index (κ2) is 8.76. The molecule has 7 nitrogen and oxygen atoms in total. The van der Waals surface area contributed by atoms with Gasteiger partial charge in [0.15, 0.2) is 0 Å². The second-order valence-corrected chi connectivity index (χ2v) is 8.05. The third-order valence-corrected chi connectivity index (χ3v) is 5.45. The fourth-order valence-corrected chi connectivity index (χ4v) is 3.49. The van der Waals surface area contributed by atoms with Gasteiger partial charge in [-0.25, -0.2) is 13.8 Å². The van der Waals surface area contributed by atoms with Gasteiger partial charge < -0.3 is 5.11 Å². The van der Waals surface area contributed by atoms with Gasteiger partial charge in [-0.2, -0.15) is 5.10 Å². The zero-order chi connectivity index (χ0) is 20.9. The average molecular weight is 430 g/mol. The molecule has 0 fully saturated rings. The molecule has 3 rings (SSSR count). The van der Waals surface area contributed by atoms with E-state index in [1.807, 2.05) is 0 Å². The molecular formula is C20H16ClN3O4S. The number of rotatable bonds is 6. The van der Waals surface area contributed by atoms with Crippen LogP contribution in [0.5, 0.6) is 5.75 Å². The van der Waals surface area contributed by atoms with Crippen molar-refractivity contribution < 1.29 is 18.3 Å². The molecule has 0 bridgehead atoms. The maximum atomic E-state index is 12.4. The van der Waals surface area contributed by atoms with E-state index in [1.165, 1.54) is 66.9 Å². The molecule has 1 amide bonds. The van der Waals surface area contributed by atoms with Crippen LogP contribution in [0.2, 0.25) is 5.02 Å². The number of nitrogens with zero attached hydrogens (tertiary/aromatic N) is 1. The zero-order valence-corrected chi connectivity index (χ0v) is 16.5. The number of benzene rings is 3. The Balaban J connectivity index is 1.62. The largest absolute Gasteiger partial charge is 0.508 e. The molecule has 0 saturated carbocycles. The number of sulfonamides is 1. The highest BCUT2D eigenvalue weighted by Crippen LogP contribution is 2.18. The maximum Gasteiger partial charge on any atom is 0.271 e. The van der Waals surface area contributed by atoms with Crippen LogP contribution in [0.25, 0.3) is 0 Å². The Labute approximate surface area is 172 Å². The minimum atomic E-state index is -3.76. The summed E-state index contributed by atoms with van der Waals surface area (Å²) in [7, 11) is -3.76. The predicted octanol–water partition coefficient (Wildman–Crippen LogP) is 3.61. The third kappa shape index (κ3) is 5.56. The van der Waals surface area contributed by atoms with Crippen LogP contribution in [-0.2, 0) is 10.0 Å². The van der Waals surface area contributed by atoms with E-state index in [9.17, 15) is 18.3 Å². The SMILES string of the molecule is O=C(NN=Cc1ccc(O)cc1)c1ccc(NS(=O)(=O)c2ccc(Cl)cc2)cc1. The van der Waals surface area contributed by atoms with Crippen LogP contribution >= 0.6 is 11.6 Å². The Morgan fingerprint density at radius 3 is 2.17 bits per heavy atom. The number of halogens is 1. The van der Waals surface area contributed by atoms with Crippen molar-refractivity contribution in [1.82, 2.24) is 5.43 Å². The molecule has 0 aliphatic heterocycles. The Morgan fingerprint density at radius 1 is 0.931 bits per heavy atom. The first-order valence-corrected chi connectivity index (χ1v) is 10.2. The minimum absolute atomic E-state index is 0.0762. The maximum absolute atomic E-state index is 12.4. The summed E-state index contributed by atoms with van der Waals surface area (Å²) in [6.45, 7) is 0. The smallest absolute Gasteiger partial charge is 0.271 e. The van der Waals surface area contributed by atoms with Crippen LogP contribution in [0.4, 0.5) is 5.69 Å². The number of aromatic hydroxyl groups is 1. The van der Waals surface area contributed by atoms with Crippen LogP contribution < -0.4 is 10.1 Å². The topological polar surface area (TPSA) is 108 Å². The van der Waals surface area contributed by atoms with Crippen LogP contribution in [0.15, 0.2) is 82.8 Å². The summed E-state index contributed by atoms with van der Waals surface area (Å²) in [5.74, 6) is -0.315. The molecule has 0 spiro atoms. The Hall–Kier alpha value is -3.36. The number of nitrogens with one attached hydrogen (secondary N) is 2. The summed E-state index contributed by atoms with van der Waals surface area (Å²) in [4.78, 5) is 12.2. The molecule has 0 radical (unpaired) electrons. The van der Waals surface area contributed by atoms with Gasteiger partial charge in [-0.3, -0.25) is 9.52 Å². The van der Waals surface area contributed by atoms with E-state index in [0.717, 1.165) is 0 Å². The number of amides is 1. The van der Waals surface area contributed by atoms with Gasteiger partial charge in [-0.1, -0.05) is 11.6 Å². The quantitative estimate of drug-likeness (QED) is 0.411. The summed E-state index contributed by atoms with van der Waals surface area (Å²) in [6, 6.07) is 18.0. The van der Waals surface area contributed by atoms with E-state index < -0.39 is 15.9 Å². The Bertz CT molecular complexity index is 1130. The molecule has 0 atom stereocenters. The molecule has 0 saturated heterocycles. The van der Waals surface area contributed by atoms with Crippen LogP contribution in [-0.4, -0.2) is 25.6 Å². The van der Waals surface area contributed by atoms with Gasteiger partial charge in [0.2, 0.25) is 0 Å². The lowest BCUT2D eigenvalue weighted by Gasteiger charge is -2.08. The lowest BCUT2D eigenvalue weighted by molar-refractivity contribution is 0.0955.